The molecule has 1 fully saturated rings. The molecule has 1 unspecified atom stereocenters. The molecule has 1 aromatic rings. The van der Waals surface area contributed by atoms with Crippen LogP contribution in [0.2, 0.25) is 5.02 Å². The van der Waals surface area contributed by atoms with Gasteiger partial charge in [0.2, 0.25) is 5.91 Å². The van der Waals surface area contributed by atoms with E-state index < -0.39 is 30.1 Å². The van der Waals surface area contributed by atoms with E-state index in [1.807, 2.05) is 0 Å². The molecule has 1 saturated heterocycles. The molecular formula is C17H23ClF3N3O. The van der Waals surface area contributed by atoms with Crippen LogP contribution in [0, 0.1) is 0 Å². The molecule has 0 spiro atoms. The number of amides is 1. The molecule has 0 bridgehead atoms. The normalized spacial score (nSPS) is 18.0. The number of benzene rings is 1. The van der Waals surface area contributed by atoms with Crippen molar-refractivity contribution in [3.63, 3.8) is 0 Å². The summed E-state index contributed by atoms with van der Waals surface area (Å²) in [6, 6.07) is 5.05. The third-order valence-electron chi connectivity index (χ3n) is 4.56. The first-order chi connectivity index (χ1) is 11.6. The molecule has 1 aliphatic rings. The average Bonchev–Trinajstić information content (AvgIpc) is 2.55. The summed E-state index contributed by atoms with van der Waals surface area (Å²) < 4.78 is 40.2. The fraction of sp³-hybridized carbons (Fsp3) is 0.588. The van der Waals surface area contributed by atoms with Gasteiger partial charge in [-0.2, -0.15) is 13.2 Å². The van der Waals surface area contributed by atoms with Crippen molar-refractivity contribution in [2.75, 3.05) is 32.7 Å². The lowest BCUT2D eigenvalue weighted by Crippen LogP contribution is -2.58. The molecule has 1 amide bonds. The number of carbonyl (C=O) groups excluding carboxylic acids is 1. The lowest BCUT2D eigenvalue weighted by Gasteiger charge is -2.36. The maximum absolute atomic E-state index is 13.4. The predicted octanol–water partition coefficient (Wildman–Crippen LogP) is 2.57. The van der Waals surface area contributed by atoms with Crippen LogP contribution in [0.4, 0.5) is 13.2 Å². The molecule has 0 radical (unpaired) electrons. The molecular weight excluding hydrogens is 355 g/mol. The third kappa shape index (κ3) is 5.09. The minimum absolute atomic E-state index is 0.306. The Kier molecular flexibility index (Phi) is 6.35. The smallest absolute Gasteiger partial charge is 0.353 e. The maximum Gasteiger partial charge on any atom is 0.405 e. The number of hydrogen-bond acceptors (Lipinski definition) is 3. The van der Waals surface area contributed by atoms with E-state index >= 15 is 0 Å². The van der Waals surface area contributed by atoms with Crippen molar-refractivity contribution >= 4 is 17.5 Å². The highest BCUT2D eigenvalue weighted by Crippen LogP contribution is 2.27. The van der Waals surface area contributed by atoms with Crippen LogP contribution in [0.25, 0.3) is 0 Å². The van der Waals surface area contributed by atoms with Crippen molar-refractivity contribution < 1.29 is 18.0 Å². The maximum atomic E-state index is 13.4. The number of piperazine rings is 1. The first kappa shape index (κ1) is 20.0. The number of hydrogen-bond donors (Lipinski definition) is 2. The van der Waals surface area contributed by atoms with Crippen LogP contribution in [0.1, 0.15) is 19.4 Å². The van der Waals surface area contributed by atoms with Gasteiger partial charge in [-0.1, -0.05) is 23.7 Å². The lowest BCUT2D eigenvalue weighted by molar-refractivity contribution is -0.184. The molecule has 0 aromatic heterocycles. The Balaban J connectivity index is 2.05. The number of nitrogens with zero attached hydrogens (tertiary/aromatic N) is 1. The van der Waals surface area contributed by atoms with Crippen LogP contribution in [-0.4, -0.2) is 55.7 Å². The minimum atomic E-state index is -4.39. The van der Waals surface area contributed by atoms with Gasteiger partial charge in [0.25, 0.3) is 0 Å². The molecule has 0 aliphatic carbocycles. The summed E-state index contributed by atoms with van der Waals surface area (Å²) in [6.45, 7) is 4.53. The summed E-state index contributed by atoms with van der Waals surface area (Å²) in [4.78, 5) is 13.9. The van der Waals surface area contributed by atoms with Crippen LogP contribution in [0.5, 0.6) is 0 Å². The lowest BCUT2D eigenvalue weighted by atomic mass is 9.83. The standard InChI is InChI=1S/C17H23ClF3N3O/c1-16(2,12-3-5-13(18)6-4-12)15(25)23-11-14(17(19,20)21)24-9-7-22-8-10-24/h3-6,14,22H,7-11H2,1-2H3,(H,23,25). The highest BCUT2D eigenvalue weighted by atomic mass is 35.5. The van der Waals surface area contributed by atoms with Gasteiger partial charge in [0, 0.05) is 37.7 Å². The topological polar surface area (TPSA) is 44.4 Å². The monoisotopic (exact) mass is 377 g/mol. The van der Waals surface area contributed by atoms with Crippen LogP contribution < -0.4 is 10.6 Å². The van der Waals surface area contributed by atoms with Crippen molar-refractivity contribution in [2.45, 2.75) is 31.5 Å². The number of carbonyl (C=O) groups is 1. The summed E-state index contributed by atoms with van der Waals surface area (Å²) in [5.41, 5.74) is -0.260. The van der Waals surface area contributed by atoms with Gasteiger partial charge in [-0.05, 0) is 31.5 Å². The number of halogens is 4. The molecule has 2 rings (SSSR count). The van der Waals surface area contributed by atoms with Gasteiger partial charge in [-0.3, -0.25) is 9.69 Å². The van der Waals surface area contributed by atoms with Crippen molar-refractivity contribution in [3.05, 3.63) is 34.9 Å². The van der Waals surface area contributed by atoms with Gasteiger partial charge in [-0.15, -0.1) is 0 Å². The Morgan fingerprint density at radius 2 is 1.80 bits per heavy atom. The molecule has 0 saturated carbocycles. The highest BCUT2D eigenvalue weighted by molar-refractivity contribution is 6.30. The molecule has 4 nitrogen and oxygen atoms in total. The quantitative estimate of drug-likeness (QED) is 0.829. The number of nitrogens with one attached hydrogen (secondary N) is 2. The summed E-state index contributed by atoms with van der Waals surface area (Å²) in [5.74, 6) is -0.445. The van der Waals surface area contributed by atoms with Gasteiger partial charge in [0.05, 0.1) is 5.41 Å². The minimum Gasteiger partial charge on any atom is -0.353 e. The SMILES string of the molecule is CC(C)(C(=O)NCC(N1CCNCC1)C(F)(F)F)c1ccc(Cl)cc1. The number of rotatable bonds is 5. The first-order valence-corrected chi connectivity index (χ1v) is 8.56. The van der Waals surface area contributed by atoms with Crippen molar-refractivity contribution in [2.24, 2.45) is 0 Å². The molecule has 1 aliphatic heterocycles. The van der Waals surface area contributed by atoms with Gasteiger partial charge in [0.1, 0.15) is 6.04 Å². The van der Waals surface area contributed by atoms with Crippen LogP contribution in [-0.2, 0) is 10.2 Å². The van der Waals surface area contributed by atoms with E-state index in [1.54, 1.807) is 38.1 Å². The second kappa shape index (κ2) is 7.93. The van der Waals surface area contributed by atoms with E-state index in [0.29, 0.717) is 36.8 Å². The second-order valence-corrected chi connectivity index (χ2v) is 7.12. The van der Waals surface area contributed by atoms with E-state index in [1.165, 1.54) is 4.90 Å². The summed E-state index contributed by atoms with van der Waals surface area (Å²) in [6.07, 6.45) is -4.39. The Morgan fingerprint density at radius 1 is 1.24 bits per heavy atom. The molecule has 2 N–H and O–H groups in total. The Morgan fingerprint density at radius 3 is 2.32 bits per heavy atom. The highest BCUT2D eigenvalue weighted by Gasteiger charge is 2.44. The van der Waals surface area contributed by atoms with Gasteiger partial charge >= 0.3 is 6.18 Å². The Labute approximate surface area is 150 Å². The largest absolute Gasteiger partial charge is 0.405 e. The summed E-state index contributed by atoms with van der Waals surface area (Å²) in [7, 11) is 0. The fourth-order valence-corrected chi connectivity index (χ4v) is 2.98. The van der Waals surface area contributed by atoms with Crippen LogP contribution in [0.15, 0.2) is 24.3 Å². The Bertz CT molecular complexity index is 584. The average molecular weight is 378 g/mol. The van der Waals surface area contributed by atoms with Crippen LogP contribution >= 0.6 is 11.6 Å². The van der Waals surface area contributed by atoms with E-state index in [2.05, 4.69) is 10.6 Å². The van der Waals surface area contributed by atoms with Crippen LogP contribution in [0.3, 0.4) is 0 Å². The molecule has 25 heavy (non-hydrogen) atoms. The zero-order valence-corrected chi connectivity index (χ0v) is 15.0. The zero-order chi connectivity index (χ0) is 18.7. The van der Waals surface area contributed by atoms with E-state index in [0.717, 1.165) is 0 Å². The molecule has 1 heterocycles. The summed E-state index contributed by atoms with van der Waals surface area (Å²) >= 11 is 5.84. The summed E-state index contributed by atoms with van der Waals surface area (Å²) in [5, 5.41) is 6.05. The number of alkyl halides is 3. The van der Waals surface area contributed by atoms with Gasteiger partial charge < -0.3 is 10.6 Å². The zero-order valence-electron chi connectivity index (χ0n) is 14.3. The van der Waals surface area contributed by atoms with Crippen molar-refractivity contribution in [1.82, 2.24) is 15.5 Å². The molecule has 1 atom stereocenters. The van der Waals surface area contributed by atoms with Crippen molar-refractivity contribution in [1.29, 1.82) is 0 Å². The molecule has 8 heteroatoms. The third-order valence-corrected chi connectivity index (χ3v) is 4.81. The van der Waals surface area contributed by atoms with E-state index in [-0.39, 0.29) is 0 Å². The van der Waals surface area contributed by atoms with Gasteiger partial charge in [0.15, 0.2) is 0 Å². The molecule has 140 valence electrons. The molecule has 1 aromatic carbocycles. The Hall–Kier alpha value is -1.31. The van der Waals surface area contributed by atoms with E-state index in [4.69, 9.17) is 11.6 Å². The second-order valence-electron chi connectivity index (χ2n) is 6.69. The van der Waals surface area contributed by atoms with E-state index in [9.17, 15) is 18.0 Å². The fourth-order valence-electron chi connectivity index (χ4n) is 2.85. The van der Waals surface area contributed by atoms with Crippen molar-refractivity contribution in [3.8, 4) is 0 Å². The predicted molar refractivity (Wildman–Crippen MR) is 91.8 cm³/mol. The van der Waals surface area contributed by atoms with Gasteiger partial charge in [-0.25, -0.2) is 0 Å². The first-order valence-electron chi connectivity index (χ1n) is 8.18.